The summed E-state index contributed by atoms with van der Waals surface area (Å²) in [6.45, 7) is 2.82. The molecule has 15 heavy (non-hydrogen) atoms. The molecule has 0 unspecified atom stereocenters. The molecular weight excluding hydrogens is 213 g/mol. The Balaban J connectivity index is 2.66. The maximum atomic E-state index is 12.0. The van der Waals surface area contributed by atoms with Crippen LogP contribution in [0.1, 0.15) is 6.92 Å². The zero-order chi connectivity index (χ0) is 11.7. The highest BCUT2D eigenvalue weighted by Crippen LogP contribution is 2.23. The number of carbonyl (C=O) groups is 1. The second kappa shape index (κ2) is 3.97. The summed E-state index contributed by atoms with van der Waals surface area (Å²) in [4.78, 5) is 12.3. The molecule has 1 rings (SSSR count). The summed E-state index contributed by atoms with van der Waals surface area (Å²) in [5.74, 6) is -2.15. The van der Waals surface area contributed by atoms with Crippen molar-refractivity contribution < 1.29 is 22.7 Å². The smallest absolute Gasteiger partial charge is 0.436 e. The van der Waals surface area contributed by atoms with E-state index in [1.54, 1.807) is 11.9 Å². The van der Waals surface area contributed by atoms with Crippen LogP contribution in [0.4, 0.5) is 13.2 Å². The zero-order valence-corrected chi connectivity index (χ0v) is 8.52. The van der Waals surface area contributed by atoms with Crippen LogP contribution in [-0.2, 0) is 9.53 Å². The minimum absolute atomic E-state index is 0.186. The summed E-state index contributed by atoms with van der Waals surface area (Å²) in [6.07, 6.45) is -4.94. The molecule has 1 aliphatic rings. The lowest BCUT2D eigenvalue weighted by molar-refractivity contribution is -0.228. The first kappa shape index (κ1) is 12.3. The molecule has 0 spiro atoms. The van der Waals surface area contributed by atoms with Crippen LogP contribution >= 0.6 is 0 Å². The van der Waals surface area contributed by atoms with Gasteiger partial charge in [0, 0.05) is 19.6 Å². The third-order valence-electron chi connectivity index (χ3n) is 2.43. The van der Waals surface area contributed by atoms with E-state index in [4.69, 9.17) is 0 Å². The standard InChI is InChI=1S/C8H13F3N2O2/c1-7(5-12-3-4-13(7)2)15-6(14)8(9,10)11/h12H,3-5H2,1-2H3/t7-/m1/s1. The maximum Gasteiger partial charge on any atom is 0.490 e. The SMILES string of the molecule is CN1CCNC[C@@]1(C)OC(=O)C(F)(F)F. The van der Waals surface area contributed by atoms with Gasteiger partial charge >= 0.3 is 12.1 Å². The summed E-state index contributed by atoms with van der Waals surface area (Å²) in [5, 5.41) is 2.88. The number of nitrogens with one attached hydrogen (secondary N) is 1. The van der Waals surface area contributed by atoms with Gasteiger partial charge in [-0.3, -0.25) is 4.90 Å². The largest absolute Gasteiger partial charge is 0.490 e. The number of carbonyl (C=O) groups excluding carboxylic acids is 1. The summed E-state index contributed by atoms with van der Waals surface area (Å²) in [5.41, 5.74) is -1.23. The normalized spacial score (nSPS) is 28.9. The lowest BCUT2D eigenvalue weighted by atomic mass is 10.2. The fourth-order valence-corrected chi connectivity index (χ4v) is 1.31. The predicted octanol–water partition coefficient (Wildman–Crippen LogP) is 0.343. The summed E-state index contributed by atoms with van der Waals surface area (Å²) in [7, 11) is 1.62. The van der Waals surface area contributed by atoms with Crippen LogP contribution in [0.15, 0.2) is 0 Å². The van der Waals surface area contributed by atoms with Gasteiger partial charge in [0.2, 0.25) is 0 Å². The van der Waals surface area contributed by atoms with Crippen LogP contribution in [0, 0.1) is 0 Å². The summed E-state index contributed by atoms with van der Waals surface area (Å²) in [6, 6.07) is 0. The van der Waals surface area contributed by atoms with Gasteiger partial charge in [0.1, 0.15) is 0 Å². The number of ether oxygens (including phenoxy) is 1. The third kappa shape index (κ3) is 2.82. The number of piperazine rings is 1. The van der Waals surface area contributed by atoms with E-state index in [-0.39, 0.29) is 6.54 Å². The van der Waals surface area contributed by atoms with E-state index >= 15 is 0 Å². The number of rotatable bonds is 1. The lowest BCUT2D eigenvalue weighted by Gasteiger charge is -2.41. The molecular formula is C8H13F3N2O2. The van der Waals surface area contributed by atoms with Gasteiger partial charge in [0.25, 0.3) is 0 Å². The number of hydrogen-bond donors (Lipinski definition) is 1. The predicted molar refractivity (Wildman–Crippen MR) is 46.1 cm³/mol. The molecule has 1 fully saturated rings. The van der Waals surface area contributed by atoms with Crippen molar-refractivity contribution in [2.45, 2.75) is 18.8 Å². The molecule has 0 aliphatic carbocycles. The molecule has 88 valence electrons. The van der Waals surface area contributed by atoms with Gasteiger partial charge in [-0.1, -0.05) is 0 Å². The van der Waals surface area contributed by atoms with Gasteiger partial charge < -0.3 is 10.1 Å². The van der Waals surface area contributed by atoms with E-state index in [9.17, 15) is 18.0 Å². The number of esters is 1. The van der Waals surface area contributed by atoms with Gasteiger partial charge in [-0.15, -0.1) is 0 Å². The summed E-state index contributed by atoms with van der Waals surface area (Å²) >= 11 is 0. The van der Waals surface area contributed by atoms with E-state index in [2.05, 4.69) is 10.1 Å². The van der Waals surface area contributed by atoms with E-state index in [1.807, 2.05) is 0 Å². The van der Waals surface area contributed by atoms with E-state index in [0.717, 1.165) is 0 Å². The molecule has 0 aromatic carbocycles. The van der Waals surface area contributed by atoms with Crippen LogP contribution in [-0.4, -0.2) is 49.5 Å². The highest BCUT2D eigenvalue weighted by molar-refractivity contribution is 5.76. The zero-order valence-electron chi connectivity index (χ0n) is 8.52. The number of alkyl halides is 3. The average molecular weight is 226 g/mol. The minimum Gasteiger partial charge on any atom is -0.436 e. The van der Waals surface area contributed by atoms with Gasteiger partial charge in [0.15, 0.2) is 5.72 Å². The molecule has 1 N–H and O–H groups in total. The van der Waals surface area contributed by atoms with Crippen LogP contribution < -0.4 is 5.32 Å². The number of hydrogen-bond acceptors (Lipinski definition) is 4. The van der Waals surface area contributed by atoms with Crippen LogP contribution in [0.25, 0.3) is 0 Å². The molecule has 1 aliphatic heterocycles. The highest BCUT2D eigenvalue weighted by Gasteiger charge is 2.46. The van der Waals surface area contributed by atoms with Crippen LogP contribution in [0.2, 0.25) is 0 Å². The van der Waals surface area contributed by atoms with Crippen LogP contribution in [0.5, 0.6) is 0 Å². The second-order valence-electron chi connectivity index (χ2n) is 3.66. The Morgan fingerprint density at radius 2 is 2.13 bits per heavy atom. The van der Waals surface area contributed by atoms with E-state index in [1.165, 1.54) is 6.92 Å². The first-order valence-corrected chi connectivity index (χ1v) is 4.48. The van der Waals surface area contributed by atoms with Crippen LogP contribution in [0.3, 0.4) is 0 Å². The molecule has 1 saturated heterocycles. The Hall–Kier alpha value is -0.820. The molecule has 0 bridgehead atoms. The molecule has 7 heteroatoms. The molecule has 4 nitrogen and oxygen atoms in total. The maximum absolute atomic E-state index is 12.0. The Kier molecular flexibility index (Phi) is 3.25. The van der Waals surface area contributed by atoms with E-state index < -0.39 is 17.9 Å². The Morgan fingerprint density at radius 3 is 2.60 bits per heavy atom. The van der Waals surface area contributed by atoms with Gasteiger partial charge in [-0.05, 0) is 14.0 Å². The summed E-state index contributed by atoms with van der Waals surface area (Å²) < 4.78 is 40.4. The van der Waals surface area contributed by atoms with Crippen molar-refractivity contribution in [1.29, 1.82) is 0 Å². The second-order valence-corrected chi connectivity index (χ2v) is 3.66. The van der Waals surface area contributed by atoms with Crippen molar-refractivity contribution in [3.8, 4) is 0 Å². The fourth-order valence-electron chi connectivity index (χ4n) is 1.31. The van der Waals surface area contributed by atoms with Gasteiger partial charge in [-0.25, -0.2) is 4.79 Å². The topological polar surface area (TPSA) is 41.6 Å². The number of nitrogens with zero attached hydrogens (tertiary/aromatic N) is 1. The number of likely N-dealkylation sites (N-methyl/N-ethyl adjacent to an activating group) is 1. The van der Waals surface area contributed by atoms with Crippen molar-refractivity contribution in [2.24, 2.45) is 0 Å². The highest BCUT2D eigenvalue weighted by atomic mass is 19.4. The van der Waals surface area contributed by atoms with Gasteiger partial charge in [0.05, 0.1) is 0 Å². The number of halogens is 3. The molecule has 1 atom stereocenters. The Morgan fingerprint density at radius 1 is 1.53 bits per heavy atom. The van der Waals surface area contributed by atoms with Crippen molar-refractivity contribution in [3.05, 3.63) is 0 Å². The quantitative estimate of drug-likeness (QED) is 0.655. The molecule has 0 aromatic heterocycles. The molecule has 1 heterocycles. The monoisotopic (exact) mass is 226 g/mol. The third-order valence-corrected chi connectivity index (χ3v) is 2.43. The fraction of sp³-hybridized carbons (Fsp3) is 0.875. The first-order chi connectivity index (χ1) is 6.76. The lowest BCUT2D eigenvalue weighted by Crippen LogP contribution is -2.60. The molecule has 0 radical (unpaired) electrons. The Labute approximate surface area is 85.4 Å². The van der Waals surface area contributed by atoms with Crippen molar-refractivity contribution in [2.75, 3.05) is 26.7 Å². The first-order valence-electron chi connectivity index (χ1n) is 4.48. The van der Waals surface area contributed by atoms with Crippen molar-refractivity contribution >= 4 is 5.97 Å². The molecule has 0 saturated carbocycles. The van der Waals surface area contributed by atoms with Crippen molar-refractivity contribution in [3.63, 3.8) is 0 Å². The van der Waals surface area contributed by atoms with Gasteiger partial charge in [-0.2, -0.15) is 13.2 Å². The minimum atomic E-state index is -4.94. The molecule has 0 amide bonds. The van der Waals surface area contributed by atoms with Crippen molar-refractivity contribution in [1.82, 2.24) is 10.2 Å². The average Bonchev–Trinajstić information content (AvgIpc) is 2.09. The molecule has 0 aromatic rings. The Bertz CT molecular complexity index is 257. The van der Waals surface area contributed by atoms with E-state index in [0.29, 0.717) is 13.1 Å².